The van der Waals surface area contributed by atoms with E-state index >= 15 is 0 Å². The predicted molar refractivity (Wildman–Crippen MR) is 141 cm³/mol. The number of halogens is 1. The van der Waals surface area contributed by atoms with Crippen molar-refractivity contribution in [1.29, 1.82) is 0 Å². The van der Waals surface area contributed by atoms with Crippen LogP contribution in [0.3, 0.4) is 0 Å². The van der Waals surface area contributed by atoms with E-state index in [2.05, 4.69) is 14.7 Å². The topological polar surface area (TPSA) is 118 Å². The summed E-state index contributed by atoms with van der Waals surface area (Å²) in [5, 5.41) is 0.784. The van der Waals surface area contributed by atoms with Gasteiger partial charge in [0, 0.05) is 40.6 Å². The first-order chi connectivity index (χ1) is 17.7. The first-order valence-electron chi connectivity index (χ1n) is 12.3. The molecule has 192 valence electrons. The van der Waals surface area contributed by atoms with Gasteiger partial charge in [0.1, 0.15) is 5.82 Å². The average molecular weight is 521 g/mol. The molecule has 1 fully saturated rings. The van der Waals surface area contributed by atoms with Crippen molar-refractivity contribution in [3.05, 3.63) is 84.4 Å². The number of nitrogens with one attached hydrogen (secondary N) is 2. The molecule has 4 aromatic rings. The Bertz CT molecular complexity index is 1530. The number of nitrogens with two attached hydrogens (primary N) is 1. The lowest BCUT2D eigenvalue weighted by Crippen LogP contribution is -2.48. The number of fused-ring (bicyclic) bond motifs is 1. The largest absolute Gasteiger partial charge is 0.369 e. The molecule has 1 atom stereocenters. The zero-order chi connectivity index (χ0) is 26.2. The summed E-state index contributed by atoms with van der Waals surface area (Å²) in [6.45, 7) is 1.92. The van der Waals surface area contributed by atoms with Crippen LogP contribution in [0.5, 0.6) is 0 Å². The Morgan fingerprint density at radius 2 is 1.86 bits per heavy atom. The van der Waals surface area contributed by atoms with Gasteiger partial charge in [-0.1, -0.05) is 19.1 Å². The zero-order valence-corrected chi connectivity index (χ0v) is 21.3. The molecule has 2 aromatic heterocycles. The number of H-pyrrole nitrogens is 1. The zero-order valence-electron chi connectivity index (χ0n) is 20.4. The molecule has 1 aliphatic carbocycles. The standard InChI is InChI=1S/C28H29FN4O3S/c1-18(19-4-6-22(29)7-5-19)28(27(30)34)12-10-23(11-13-28)33-37(35,36)24-8-9-25-21(15-24)16-26(32-25)20-3-2-14-31-17-20/h2-9,14-18,23,32-33H,10-13H2,1H3,(H2,30,34)/t18-,23?,28?/m1/s1. The number of rotatable bonds is 7. The van der Waals surface area contributed by atoms with E-state index in [-0.39, 0.29) is 22.7 Å². The second-order valence-electron chi connectivity index (χ2n) is 9.86. The third-order valence-corrected chi connectivity index (χ3v) is 9.28. The Labute approximate surface area is 215 Å². The smallest absolute Gasteiger partial charge is 0.240 e. The third kappa shape index (κ3) is 4.89. The molecule has 37 heavy (non-hydrogen) atoms. The van der Waals surface area contributed by atoms with Gasteiger partial charge in [-0.15, -0.1) is 0 Å². The number of nitrogens with zero attached hydrogens (tertiary/aromatic N) is 1. The lowest BCUT2D eigenvalue weighted by atomic mass is 9.63. The number of carbonyl (C=O) groups is 1. The van der Waals surface area contributed by atoms with E-state index in [1.54, 1.807) is 42.7 Å². The molecule has 7 nitrogen and oxygen atoms in total. The SMILES string of the molecule is C[C@H](c1ccc(F)cc1)C1(C(N)=O)CCC(NS(=O)(=O)c2ccc3[nH]c(-c4cccnc4)cc3c2)CC1. The lowest BCUT2D eigenvalue weighted by molar-refractivity contribution is -0.131. The van der Waals surface area contributed by atoms with Crippen LogP contribution in [0.15, 0.2) is 78.0 Å². The van der Waals surface area contributed by atoms with Crippen molar-refractivity contribution >= 4 is 26.8 Å². The van der Waals surface area contributed by atoms with Crippen molar-refractivity contribution in [2.24, 2.45) is 11.1 Å². The predicted octanol–water partition coefficient (Wildman–Crippen LogP) is 4.87. The molecule has 1 aliphatic rings. The number of sulfonamides is 1. The summed E-state index contributed by atoms with van der Waals surface area (Å²) in [4.78, 5) is 20.2. The maximum Gasteiger partial charge on any atom is 0.240 e. The number of carbonyl (C=O) groups excluding carboxylic acids is 1. The van der Waals surface area contributed by atoms with E-state index in [4.69, 9.17) is 5.73 Å². The normalized spacial score (nSPS) is 21.1. The maximum atomic E-state index is 13.4. The molecular weight excluding hydrogens is 491 g/mol. The molecule has 2 aromatic carbocycles. The minimum Gasteiger partial charge on any atom is -0.369 e. The van der Waals surface area contributed by atoms with Crippen LogP contribution < -0.4 is 10.5 Å². The summed E-state index contributed by atoms with van der Waals surface area (Å²) in [5.74, 6) is -0.963. The highest BCUT2D eigenvalue weighted by molar-refractivity contribution is 7.89. The molecule has 0 spiro atoms. The number of benzene rings is 2. The fourth-order valence-electron chi connectivity index (χ4n) is 5.46. The molecule has 2 heterocycles. The molecular formula is C28H29FN4O3S. The molecule has 0 radical (unpaired) electrons. The Hall–Kier alpha value is -3.56. The number of pyridine rings is 1. The molecule has 5 rings (SSSR count). The Morgan fingerprint density at radius 1 is 1.14 bits per heavy atom. The van der Waals surface area contributed by atoms with Gasteiger partial charge < -0.3 is 10.7 Å². The van der Waals surface area contributed by atoms with Gasteiger partial charge in [-0.3, -0.25) is 9.78 Å². The summed E-state index contributed by atoms with van der Waals surface area (Å²) >= 11 is 0. The van der Waals surface area contributed by atoms with Crippen LogP contribution in [0.25, 0.3) is 22.2 Å². The number of aromatic amines is 1. The molecule has 1 amide bonds. The number of hydrogen-bond donors (Lipinski definition) is 3. The van der Waals surface area contributed by atoms with Crippen molar-refractivity contribution < 1.29 is 17.6 Å². The van der Waals surface area contributed by atoms with Gasteiger partial charge in [0.2, 0.25) is 15.9 Å². The van der Waals surface area contributed by atoms with Crippen molar-refractivity contribution in [3.8, 4) is 11.3 Å². The minimum atomic E-state index is -3.78. The Morgan fingerprint density at radius 3 is 2.51 bits per heavy atom. The lowest BCUT2D eigenvalue weighted by Gasteiger charge is -2.42. The summed E-state index contributed by atoms with van der Waals surface area (Å²) in [7, 11) is -3.78. The average Bonchev–Trinajstić information content (AvgIpc) is 3.33. The second-order valence-corrected chi connectivity index (χ2v) is 11.6. The van der Waals surface area contributed by atoms with Crippen LogP contribution in [0.2, 0.25) is 0 Å². The van der Waals surface area contributed by atoms with E-state index < -0.39 is 21.3 Å². The third-order valence-electron chi connectivity index (χ3n) is 7.76. The van der Waals surface area contributed by atoms with E-state index in [1.807, 2.05) is 25.1 Å². The molecule has 0 aliphatic heterocycles. The fraction of sp³-hybridized carbons (Fsp3) is 0.286. The second kappa shape index (κ2) is 9.72. The van der Waals surface area contributed by atoms with Gasteiger partial charge >= 0.3 is 0 Å². The van der Waals surface area contributed by atoms with E-state index in [0.29, 0.717) is 25.7 Å². The van der Waals surface area contributed by atoms with Crippen molar-refractivity contribution in [2.45, 2.75) is 49.5 Å². The molecule has 0 saturated heterocycles. The molecule has 9 heteroatoms. The summed E-state index contributed by atoms with van der Waals surface area (Å²) in [5.41, 5.74) is 8.50. The minimum absolute atomic E-state index is 0.183. The number of amides is 1. The van der Waals surface area contributed by atoms with Crippen LogP contribution in [-0.4, -0.2) is 30.3 Å². The van der Waals surface area contributed by atoms with Gasteiger partial charge in [-0.25, -0.2) is 17.5 Å². The molecule has 0 bridgehead atoms. The van der Waals surface area contributed by atoms with Crippen LogP contribution in [0.4, 0.5) is 4.39 Å². The Balaban J connectivity index is 1.31. The van der Waals surface area contributed by atoms with Gasteiger partial charge in [-0.05, 0) is 85.7 Å². The molecule has 1 saturated carbocycles. The number of primary amides is 1. The van der Waals surface area contributed by atoms with Gasteiger partial charge in [0.25, 0.3) is 0 Å². The Kier molecular flexibility index (Phi) is 6.59. The highest BCUT2D eigenvalue weighted by Gasteiger charge is 2.45. The number of hydrogen-bond acceptors (Lipinski definition) is 4. The van der Waals surface area contributed by atoms with E-state index in [9.17, 15) is 17.6 Å². The fourth-order valence-corrected chi connectivity index (χ4v) is 6.80. The highest BCUT2D eigenvalue weighted by Crippen LogP contribution is 2.47. The van der Waals surface area contributed by atoms with Gasteiger partial charge in [0.05, 0.1) is 10.3 Å². The van der Waals surface area contributed by atoms with Crippen LogP contribution in [0.1, 0.15) is 44.1 Å². The first kappa shape index (κ1) is 25.1. The van der Waals surface area contributed by atoms with Crippen molar-refractivity contribution in [1.82, 2.24) is 14.7 Å². The first-order valence-corrected chi connectivity index (χ1v) is 13.8. The molecule has 0 unspecified atom stereocenters. The monoisotopic (exact) mass is 520 g/mol. The number of aromatic nitrogens is 2. The summed E-state index contributed by atoms with van der Waals surface area (Å²) in [6, 6.07) is 16.5. The molecule has 4 N–H and O–H groups in total. The summed E-state index contributed by atoms with van der Waals surface area (Å²) < 4.78 is 42.7. The van der Waals surface area contributed by atoms with Crippen LogP contribution in [0, 0.1) is 11.2 Å². The van der Waals surface area contributed by atoms with Gasteiger partial charge in [-0.2, -0.15) is 0 Å². The summed E-state index contributed by atoms with van der Waals surface area (Å²) in [6.07, 6.45) is 5.29. The van der Waals surface area contributed by atoms with Crippen molar-refractivity contribution in [2.75, 3.05) is 0 Å². The van der Waals surface area contributed by atoms with Crippen LogP contribution in [-0.2, 0) is 14.8 Å². The van der Waals surface area contributed by atoms with Crippen molar-refractivity contribution in [3.63, 3.8) is 0 Å². The van der Waals surface area contributed by atoms with E-state index in [0.717, 1.165) is 27.7 Å². The van der Waals surface area contributed by atoms with Gasteiger partial charge in [0.15, 0.2) is 0 Å². The quantitative estimate of drug-likeness (QED) is 0.322. The highest BCUT2D eigenvalue weighted by atomic mass is 32.2. The van der Waals surface area contributed by atoms with Crippen LogP contribution >= 0.6 is 0 Å². The van der Waals surface area contributed by atoms with E-state index in [1.165, 1.54) is 12.1 Å². The maximum absolute atomic E-state index is 13.4.